The van der Waals surface area contributed by atoms with Crippen LogP contribution in [0.1, 0.15) is 82.8 Å². The summed E-state index contributed by atoms with van der Waals surface area (Å²) in [4.78, 5) is 0. The maximum atomic E-state index is 14.5. The van der Waals surface area contributed by atoms with Crippen LogP contribution < -0.4 is 0 Å². The third-order valence-corrected chi connectivity index (χ3v) is 6.60. The van der Waals surface area contributed by atoms with Crippen LogP contribution in [0.15, 0.2) is 12.1 Å². The van der Waals surface area contributed by atoms with Crippen molar-refractivity contribution in [3.63, 3.8) is 0 Å². The lowest BCUT2D eigenvalue weighted by Gasteiger charge is -2.29. The van der Waals surface area contributed by atoms with Gasteiger partial charge in [0.25, 0.3) is 0 Å². The number of ether oxygens (including phenoxy) is 2. The number of rotatable bonds is 7. The molecule has 0 bridgehead atoms. The highest BCUT2D eigenvalue weighted by atomic mass is 19.1. The van der Waals surface area contributed by atoms with Crippen molar-refractivity contribution in [2.75, 3.05) is 13.2 Å². The minimum Gasteiger partial charge on any atom is -0.352 e. The molecule has 0 radical (unpaired) electrons. The SMILES string of the molecule is CCCCC1COC(CCc2cc(F)c(C#CC3CCC(CC)CC3)c(F)c2)OC1. The molecule has 0 amide bonds. The number of hydrogen-bond donors (Lipinski definition) is 0. The van der Waals surface area contributed by atoms with E-state index >= 15 is 0 Å². The average Bonchev–Trinajstić information content (AvgIpc) is 2.77. The van der Waals surface area contributed by atoms with E-state index in [9.17, 15) is 8.78 Å². The highest BCUT2D eigenvalue weighted by molar-refractivity contribution is 5.39. The van der Waals surface area contributed by atoms with Crippen LogP contribution in [-0.4, -0.2) is 19.5 Å². The van der Waals surface area contributed by atoms with Crippen molar-refractivity contribution in [1.82, 2.24) is 0 Å². The number of unbranched alkanes of at least 4 members (excludes halogenated alkanes) is 1. The first-order valence-corrected chi connectivity index (χ1v) is 11.8. The van der Waals surface area contributed by atoms with E-state index < -0.39 is 11.6 Å². The van der Waals surface area contributed by atoms with Gasteiger partial charge in [0.2, 0.25) is 0 Å². The van der Waals surface area contributed by atoms with Gasteiger partial charge in [-0.2, -0.15) is 0 Å². The Morgan fingerprint density at radius 2 is 1.60 bits per heavy atom. The fraction of sp³-hybridized carbons (Fsp3) is 0.692. The molecule has 1 heterocycles. The van der Waals surface area contributed by atoms with E-state index in [0.717, 1.165) is 25.2 Å². The molecule has 0 spiro atoms. The summed E-state index contributed by atoms with van der Waals surface area (Å²) < 4.78 is 40.6. The van der Waals surface area contributed by atoms with E-state index in [2.05, 4.69) is 25.7 Å². The Bertz CT molecular complexity index is 697. The quantitative estimate of drug-likeness (QED) is 0.462. The van der Waals surface area contributed by atoms with Crippen LogP contribution in [0.3, 0.4) is 0 Å². The third kappa shape index (κ3) is 6.79. The van der Waals surface area contributed by atoms with E-state index in [1.807, 2.05) is 0 Å². The minimum atomic E-state index is -0.565. The van der Waals surface area contributed by atoms with Gasteiger partial charge in [0, 0.05) is 18.3 Å². The smallest absolute Gasteiger partial charge is 0.157 e. The van der Waals surface area contributed by atoms with E-state index in [0.29, 0.717) is 37.5 Å². The second-order valence-corrected chi connectivity index (χ2v) is 8.97. The van der Waals surface area contributed by atoms with Gasteiger partial charge < -0.3 is 9.47 Å². The van der Waals surface area contributed by atoms with Gasteiger partial charge in [-0.25, -0.2) is 8.78 Å². The van der Waals surface area contributed by atoms with E-state index in [4.69, 9.17) is 9.47 Å². The molecule has 2 nitrogen and oxygen atoms in total. The van der Waals surface area contributed by atoms with E-state index in [1.54, 1.807) is 0 Å². The van der Waals surface area contributed by atoms with Crippen molar-refractivity contribution in [1.29, 1.82) is 0 Å². The minimum absolute atomic E-state index is 0.0969. The Kier molecular flexibility index (Phi) is 9.15. The lowest BCUT2D eigenvalue weighted by molar-refractivity contribution is -0.203. The molecule has 166 valence electrons. The van der Waals surface area contributed by atoms with Gasteiger partial charge in [0.05, 0.1) is 18.8 Å². The summed E-state index contributed by atoms with van der Waals surface area (Å²) in [5.74, 6) is 6.28. The summed E-state index contributed by atoms with van der Waals surface area (Å²) in [5, 5.41) is 0. The van der Waals surface area contributed by atoms with Crippen molar-refractivity contribution in [3.8, 4) is 11.8 Å². The number of benzene rings is 1. The Morgan fingerprint density at radius 1 is 0.933 bits per heavy atom. The molecule has 0 aromatic heterocycles. The lowest BCUT2D eigenvalue weighted by Crippen LogP contribution is -2.32. The highest BCUT2D eigenvalue weighted by Gasteiger charge is 2.22. The number of aryl methyl sites for hydroxylation is 1. The van der Waals surface area contributed by atoms with Crippen LogP contribution in [0, 0.1) is 41.2 Å². The van der Waals surface area contributed by atoms with E-state index in [-0.39, 0.29) is 17.8 Å². The zero-order chi connectivity index (χ0) is 21.3. The van der Waals surface area contributed by atoms with Crippen LogP contribution in [0.4, 0.5) is 8.78 Å². The fourth-order valence-electron chi connectivity index (χ4n) is 4.47. The summed E-state index contributed by atoms with van der Waals surface area (Å²) in [6, 6.07) is 2.82. The molecule has 2 aliphatic rings. The van der Waals surface area contributed by atoms with Crippen molar-refractivity contribution >= 4 is 0 Å². The predicted molar refractivity (Wildman–Crippen MR) is 116 cm³/mol. The first-order valence-electron chi connectivity index (χ1n) is 11.8. The number of halogens is 2. The summed E-state index contributed by atoms with van der Waals surface area (Å²) >= 11 is 0. The molecule has 0 unspecified atom stereocenters. The summed E-state index contributed by atoms with van der Waals surface area (Å²) in [7, 11) is 0. The average molecular weight is 419 g/mol. The fourth-order valence-corrected chi connectivity index (χ4v) is 4.47. The maximum absolute atomic E-state index is 14.5. The van der Waals surface area contributed by atoms with Crippen LogP contribution >= 0.6 is 0 Å². The summed E-state index contributed by atoms with van der Waals surface area (Å²) in [5.41, 5.74) is 0.527. The Labute approximate surface area is 180 Å². The molecule has 1 aromatic rings. The Morgan fingerprint density at radius 3 is 2.20 bits per heavy atom. The Balaban J connectivity index is 1.50. The topological polar surface area (TPSA) is 18.5 Å². The summed E-state index contributed by atoms with van der Waals surface area (Å²) in [6.45, 7) is 5.82. The molecular weight excluding hydrogens is 382 g/mol. The van der Waals surface area contributed by atoms with Gasteiger partial charge in [0.15, 0.2) is 6.29 Å². The molecular formula is C26H36F2O2. The van der Waals surface area contributed by atoms with Crippen molar-refractivity contribution in [2.24, 2.45) is 17.8 Å². The standard InChI is InChI=1S/C26H36F2O2/c1-3-5-6-22-17-29-26(30-18-22)14-12-21-15-24(27)23(25(28)16-21)13-11-20-9-7-19(4-2)8-10-20/h15-16,19-20,22,26H,3-10,12,14,17-18H2,1-2H3. The van der Waals surface area contributed by atoms with Crippen LogP contribution in [0.2, 0.25) is 0 Å². The molecule has 4 heteroatoms. The first kappa shape index (κ1) is 23.2. The molecule has 3 rings (SSSR count). The molecule has 1 aliphatic carbocycles. The van der Waals surface area contributed by atoms with Gasteiger partial charge >= 0.3 is 0 Å². The largest absolute Gasteiger partial charge is 0.352 e. The van der Waals surface area contributed by atoms with Crippen molar-refractivity contribution in [2.45, 2.75) is 84.3 Å². The Hall–Kier alpha value is -1.44. The van der Waals surface area contributed by atoms with Crippen molar-refractivity contribution < 1.29 is 18.3 Å². The molecule has 0 N–H and O–H groups in total. The zero-order valence-electron chi connectivity index (χ0n) is 18.5. The van der Waals surface area contributed by atoms with Gasteiger partial charge in [0.1, 0.15) is 11.6 Å². The second kappa shape index (κ2) is 11.8. The first-order chi connectivity index (χ1) is 14.6. The maximum Gasteiger partial charge on any atom is 0.157 e. The molecule has 1 aliphatic heterocycles. The molecule has 0 atom stereocenters. The number of hydrogen-bond acceptors (Lipinski definition) is 2. The predicted octanol–water partition coefficient (Wildman–Crippen LogP) is 6.64. The molecule has 2 fully saturated rings. The monoisotopic (exact) mass is 418 g/mol. The zero-order valence-corrected chi connectivity index (χ0v) is 18.5. The summed E-state index contributed by atoms with van der Waals surface area (Å²) in [6.07, 6.45) is 9.96. The van der Waals surface area contributed by atoms with Gasteiger partial charge in [-0.05, 0) is 62.1 Å². The van der Waals surface area contributed by atoms with Gasteiger partial charge in [-0.15, -0.1) is 0 Å². The van der Waals surface area contributed by atoms with Gasteiger partial charge in [-0.1, -0.05) is 45.0 Å². The molecule has 30 heavy (non-hydrogen) atoms. The normalized spacial score (nSPS) is 26.8. The second-order valence-electron chi connectivity index (χ2n) is 8.97. The van der Waals surface area contributed by atoms with Crippen LogP contribution in [0.5, 0.6) is 0 Å². The van der Waals surface area contributed by atoms with Crippen LogP contribution in [-0.2, 0) is 15.9 Å². The van der Waals surface area contributed by atoms with Crippen LogP contribution in [0.25, 0.3) is 0 Å². The third-order valence-electron chi connectivity index (χ3n) is 6.60. The van der Waals surface area contributed by atoms with E-state index in [1.165, 1.54) is 44.2 Å². The molecule has 1 aromatic carbocycles. The molecule has 1 saturated heterocycles. The lowest BCUT2D eigenvalue weighted by atomic mass is 9.81. The van der Waals surface area contributed by atoms with Crippen molar-refractivity contribution in [3.05, 3.63) is 34.9 Å². The van der Waals surface area contributed by atoms with Gasteiger partial charge in [-0.3, -0.25) is 0 Å². The molecule has 1 saturated carbocycles. The highest BCUT2D eigenvalue weighted by Crippen LogP contribution is 2.30.